The molecule has 1 aromatic rings. The molecule has 1 unspecified atom stereocenters. The smallest absolute Gasteiger partial charge is 0.315 e. The topological polar surface area (TPSA) is 35.5 Å². The van der Waals surface area contributed by atoms with Crippen LogP contribution in [0.4, 0.5) is 0 Å². The van der Waals surface area contributed by atoms with Crippen LogP contribution in [0.5, 0.6) is 0 Å². The monoisotopic (exact) mass is 288 g/mol. The Morgan fingerprint density at radius 3 is 2.44 bits per heavy atom. The molecule has 5 heteroatoms. The zero-order chi connectivity index (χ0) is 13.5. The highest BCUT2D eigenvalue weighted by atomic mass is 35.5. The van der Waals surface area contributed by atoms with Crippen molar-refractivity contribution in [2.75, 3.05) is 13.9 Å². The molecule has 0 amide bonds. The van der Waals surface area contributed by atoms with Crippen molar-refractivity contribution in [3.63, 3.8) is 0 Å². The van der Waals surface area contributed by atoms with Gasteiger partial charge in [-0.05, 0) is 24.1 Å². The molecule has 0 aliphatic rings. The van der Waals surface area contributed by atoms with E-state index < -0.39 is 0 Å². The Bertz CT molecular complexity index is 422. The number of hydrogen-bond donors (Lipinski definition) is 0. The number of ether oxygens (including phenoxy) is 2. The van der Waals surface area contributed by atoms with Gasteiger partial charge in [-0.2, -0.15) is 0 Å². The molecule has 0 fully saturated rings. The lowest BCUT2D eigenvalue weighted by Gasteiger charge is -2.11. The van der Waals surface area contributed by atoms with Gasteiger partial charge in [-0.3, -0.25) is 4.79 Å². The number of halogens is 2. The summed E-state index contributed by atoms with van der Waals surface area (Å²) in [5.74, 6) is -0.667. The van der Waals surface area contributed by atoms with Crippen LogP contribution in [0.15, 0.2) is 28.8 Å². The number of hydrogen-bond acceptors (Lipinski definition) is 3. The van der Waals surface area contributed by atoms with Crippen LogP contribution in [0.3, 0.4) is 0 Å². The van der Waals surface area contributed by atoms with Crippen LogP contribution in [-0.2, 0) is 14.3 Å². The van der Waals surface area contributed by atoms with E-state index in [1.165, 1.54) is 7.11 Å². The summed E-state index contributed by atoms with van der Waals surface area (Å²) in [6.45, 7) is 1.74. The SMILES string of the molecule is COCOC(=O)C(C)c1ccc(C=C(Cl)Cl)cc1. The molecule has 0 saturated heterocycles. The molecule has 0 N–H and O–H groups in total. The minimum Gasteiger partial charge on any atom is -0.438 e. The van der Waals surface area contributed by atoms with Crippen molar-refractivity contribution >= 4 is 35.2 Å². The van der Waals surface area contributed by atoms with E-state index in [1.807, 2.05) is 24.3 Å². The maximum Gasteiger partial charge on any atom is 0.315 e. The summed E-state index contributed by atoms with van der Waals surface area (Å²) in [5.41, 5.74) is 1.73. The quantitative estimate of drug-likeness (QED) is 0.612. The third kappa shape index (κ3) is 4.69. The van der Waals surface area contributed by atoms with Crippen LogP contribution in [0.25, 0.3) is 6.08 Å². The number of methoxy groups -OCH3 is 1. The lowest BCUT2D eigenvalue weighted by molar-refractivity contribution is -0.155. The van der Waals surface area contributed by atoms with Gasteiger partial charge in [0.25, 0.3) is 0 Å². The average molecular weight is 289 g/mol. The van der Waals surface area contributed by atoms with Gasteiger partial charge in [0.1, 0.15) is 4.49 Å². The van der Waals surface area contributed by atoms with Crippen LogP contribution in [0.1, 0.15) is 24.0 Å². The van der Waals surface area contributed by atoms with E-state index in [4.69, 9.17) is 27.9 Å². The van der Waals surface area contributed by atoms with E-state index in [0.29, 0.717) is 0 Å². The second-order valence-corrected chi connectivity index (χ2v) is 4.70. The van der Waals surface area contributed by atoms with Crippen LogP contribution >= 0.6 is 23.2 Å². The number of rotatable bonds is 5. The predicted octanol–water partition coefficient (Wildman–Crippen LogP) is 3.71. The average Bonchev–Trinajstić information content (AvgIpc) is 2.35. The minimum atomic E-state index is -0.343. The maximum absolute atomic E-state index is 11.6. The van der Waals surface area contributed by atoms with Gasteiger partial charge in [0.05, 0.1) is 5.92 Å². The summed E-state index contributed by atoms with van der Waals surface area (Å²) in [4.78, 5) is 11.6. The Labute approximate surface area is 116 Å². The van der Waals surface area contributed by atoms with Crippen molar-refractivity contribution in [3.8, 4) is 0 Å². The molecule has 0 radical (unpaired) electrons. The van der Waals surface area contributed by atoms with E-state index in [-0.39, 0.29) is 23.2 Å². The Kier molecular flexibility index (Phi) is 6.19. The largest absolute Gasteiger partial charge is 0.438 e. The van der Waals surface area contributed by atoms with Gasteiger partial charge in [0.15, 0.2) is 6.79 Å². The highest BCUT2D eigenvalue weighted by Gasteiger charge is 2.16. The van der Waals surface area contributed by atoms with Crippen molar-refractivity contribution in [1.29, 1.82) is 0 Å². The summed E-state index contributed by atoms with van der Waals surface area (Å²) in [6, 6.07) is 7.34. The lowest BCUT2D eigenvalue weighted by atomic mass is 10.00. The molecule has 1 aromatic carbocycles. The fourth-order valence-electron chi connectivity index (χ4n) is 1.38. The van der Waals surface area contributed by atoms with Crippen molar-refractivity contribution in [3.05, 3.63) is 39.9 Å². The summed E-state index contributed by atoms with van der Waals surface area (Å²) in [7, 11) is 1.47. The van der Waals surface area contributed by atoms with Gasteiger partial charge < -0.3 is 9.47 Å². The Morgan fingerprint density at radius 1 is 1.33 bits per heavy atom. The number of benzene rings is 1. The first-order chi connectivity index (χ1) is 8.54. The molecule has 0 spiro atoms. The van der Waals surface area contributed by atoms with Crippen LogP contribution in [0.2, 0.25) is 0 Å². The molecule has 0 saturated carbocycles. The molecule has 0 aliphatic heterocycles. The van der Waals surface area contributed by atoms with Gasteiger partial charge in [0.2, 0.25) is 0 Å². The molecule has 0 heterocycles. The summed E-state index contributed by atoms with van der Waals surface area (Å²) in [5, 5.41) is 0. The van der Waals surface area contributed by atoms with Crippen LogP contribution < -0.4 is 0 Å². The molecule has 1 atom stereocenters. The zero-order valence-corrected chi connectivity index (χ0v) is 11.7. The summed E-state index contributed by atoms with van der Waals surface area (Å²) >= 11 is 11.1. The molecule has 98 valence electrons. The molecule has 1 rings (SSSR count). The van der Waals surface area contributed by atoms with E-state index in [1.54, 1.807) is 13.0 Å². The third-order valence-electron chi connectivity index (χ3n) is 2.38. The predicted molar refractivity (Wildman–Crippen MR) is 72.5 cm³/mol. The first kappa shape index (κ1) is 15.0. The van der Waals surface area contributed by atoms with Gasteiger partial charge in [-0.1, -0.05) is 47.5 Å². The minimum absolute atomic E-state index is 0.0359. The highest BCUT2D eigenvalue weighted by molar-refractivity contribution is 6.57. The fraction of sp³-hybridized carbons (Fsp3) is 0.308. The second kappa shape index (κ2) is 7.41. The van der Waals surface area contributed by atoms with Gasteiger partial charge in [-0.25, -0.2) is 0 Å². The van der Waals surface area contributed by atoms with Crippen molar-refractivity contribution in [2.24, 2.45) is 0 Å². The second-order valence-electron chi connectivity index (χ2n) is 3.69. The standard InChI is InChI=1S/C13H14Cl2O3/c1-9(13(16)18-8-17-2)11-5-3-10(4-6-11)7-12(14)15/h3-7,9H,8H2,1-2H3. The molecule has 0 aliphatic carbocycles. The van der Waals surface area contributed by atoms with E-state index in [0.717, 1.165) is 11.1 Å². The van der Waals surface area contributed by atoms with Gasteiger partial charge in [0, 0.05) is 7.11 Å². The maximum atomic E-state index is 11.6. The lowest BCUT2D eigenvalue weighted by Crippen LogP contribution is -2.14. The van der Waals surface area contributed by atoms with Gasteiger partial charge in [-0.15, -0.1) is 0 Å². The molecule has 3 nitrogen and oxygen atoms in total. The number of carbonyl (C=O) groups is 1. The molecule has 0 bridgehead atoms. The highest BCUT2D eigenvalue weighted by Crippen LogP contribution is 2.20. The van der Waals surface area contributed by atoms with Crippen molar-refractivity contribution < 1.29 is 14.3 Å². The first-order valence-corrected chi connectivity index (χ1v) is 6.08. The fourth-order valence-corrected chi connectivity index (χ4v) is 1.64. The molecule has 0 aromatic heterocycles. The normalized spacial score (nSPS) is 11.8. The Hall–Kier alpha value is -1.03. The number of carbonyl (C=O) groups excluding carboxylic acids is 1. The van der Waals surface area contributed by atoms with Crippen molar-refractivity contribution in [1.82, 2.24) is 0 Å². The third-order valence-corrected chi connectivity index (χ3v) is 2.60. The van der Waals surface area contributed by atoms with E-state index in [2.05, 4.69) is 4.74 Å². The Balaban J connectivity index is 2.72. The number of esters is 1. The summed E-state index contributed by atoms with van der Waals surface area (Å²) < 4.78 is 9.76. The van der Waals surface area contributed by atoms with E-state index in [9.17, 15) is 4.79 Å². The Morgan fingerprint density at radius 2 is 1.94 bits per heavy atom. The summed E-state index contributed by atoms with van der Waals surface area (Å²) in [6.07, 6.45) is 1.63. The van der Waals surface area contributed by atoms with Gasteiger partial charge >= 0.3 is 5.97 Å². The van der Waals surface area contributed by atoms with Crippen molar-refractivity contribution in [2.45, 2.75) is 12.8 Å². The molecular weight excluding hydrogens is 275 g/mol. The molecular formula is C13H14Cl2O3. The van der Waals surface area contributed by atoms with E-state index >= 15 is 0 Å². The first-order valence-electron chi connectivity index (χ1n) is 5.33. The molecule has 18 heavy (non-hydrogen) atoms. The van der Waals surface area contributed by atoms with Crippen LogP contribution in [0, 0.1) is 0 Å². The zero-order valence-electron chi connectivity index (χ0n) is 10.2. The van der Waals surface area contributed by atoms with Crippen LogP contribution in [-0.4, -0.2) is 19.9 Å².